The summed E-state index contributed by atoms with van der Waals surface area (Å²) in [5.41, 5.74) is 3.90. The van der Waals surface area contributed by atoms with Crippen molar-refractivity contribution in [2.45, 2.75) is 70.1 Å². The number of amides is 6. The molecule has 1 aliphatic carbocycles. The maximum Gasteiger partial charge on any atom is 0.270 e. The van der Waals surface area contributed by atoms with Crippen LogP contribution in [0.4, 0.5) is 5.82 Å². The Kier molecular flexibility index (Phi) is 11.0. The lowest BCUT2D eigenvalue weighted by molar-refractivity contribution is -0.136. The average Bonchev–Trinajstić information content (AvgIpc) is 3.80. The number of rotatable bonds is 13. The number of imide groups is 2. The molecular weight excluding hydrogens is 797 g/mol. The summed E-state index contributed by atoms with van der Waals surface area (Å²) in [6.07, 6.45) is 6.49. The van der Waals surface area contributed by atoms with E-state index in [4.69, 9.17) is 9.47 Å². The molecule has 4 aliphatic rings. The van der Waals surface area contributed by atoms with Crippen LogP contribution >= 0.6 is 0 Å². The van der Waals surface area contributed by atoms with Crippen LogP contribution in [0.2, 0.25) is 0 Å². The van der Waals surface area contributed by atoms with E-state index < -0.39 is 29.7 Å². The van der Waals surface area contributed by atoms with Gasteiger partial charge in [-0.05, 0) is 93.0 Å². The van der Waals surface area contributed by atoms with Crippen LogP contribution in [-0.4, -0.2) is 108 Å². The summed E-state index contributed by atoms with van der Waals surface area (Å²) in [5, 5.41) is 8.65. The summed E-state index contributed by atoms with van der Waals surface area (Å²) in [6, 6.07) is 16.8. The van der Waals surface area contributed by atoms with Crippen molar-refractivity contribution in [2.24, 2.45) is 5.92 Å². The molecule has 6 heterocycles. The molecule has 6 amide bonds. The van der Waals surface area contributed by atoms with Crippen molar-refractivity contribution in [1.82, 2.24) is 44.9 Å². The first-order chi connectivity index (χ1) is 30.1. The molecule has 3 aliphatic heterocycles. The lowest BCUT2D eigenvalue weighted by Crippen LogP contribution is -2.54. The Labute approximate surface area is 355 Å². The third-order valence-electron chi connectivity index (χ3n) is 11.9. The molecule has 62 heavy (non-hydrogen) atoms. The van der Waals surface area contributed by atoms with Crippen LogP contribution in [0.15, 0.2) is 73.3 Å². The van der Waals surface area contributed by atoms with E-state index in [0.29, 0.717) is 43.3 Å². The van der Waals surface area contributed by atoms with Crippen molar-refractivity contribution in [3.05, 3.63) is 101 Å². The molecule has 2 saturated heterocycles. The van der Waals surface area contributed by atoms with Gasteiger partial charge in [-0.2, -0.15) is 0 Å². The van der Waals surface area contributed by atoms with E-state index in [9.17, 15) is 28.8 Å². The molecular formula is C44H44N10O8. The first kappa shape index (κ1) is 40.2. The van der Waals surface area contributed by atoms with Crippen molar-refractivity contribution >= 4 is 52.4 Å². The second-order valence-corrected chi connectivity index (χ2v) is 16.1. The average molecular weight is 841 g/mol. The van der Waals surface area contributed by atoms with Gasteiger partial charge in [0.15, 0.2) is 18.1 Å². The van der Waals surface area contributed by atoms with Gasteiger partial charge >= 0.3 is 0 Å². The number of imidazole rings is 1. The van der Waals surface area contributed by atoms with Crippen LogP contribution in [0.1, 0.15) is 87.0 Å². The van der Waals surface area contributed by atoms with E-state index in [1.54, 1.807) is 17.3 Å². The van der Waals surface area contributed by atoms with Gasteiger partial charge in [-0.15, -0.1) is 0 Å². The van der Waals surface area contributed by atoms with Crippen LogP contribution in [0, 0.1) is 12.8 Å². The largest absolute Gasteiger partial charge is 0.493 e. The molecule has 0 spiro atoms. The van der Waals surface area contributed by atoms with Crippen LogP contribution in [0.3, 0.4) is 0 Å². The summed E-state index contributed by atoms with van der Waals surface area (Å²) in [7, 11) is 0. The molecule has 1 saturated carbocycles. The molecule has 18 nitrogen and oxygen atoms in total. The number of piperidine rings is 2. The molecule has 0 bridgehead atoms. The van der Waals surface area contributed by atoms with Gasteiger partial charge in [0.2, 0.25) is 11.8 Å². The van der Waals surface area contributed by atoms with E-state index in [2.05, 4.69) is 35.9 Å². The van der Waals surface area contributed by atoms with Gasteiger partial charge in [0.1, 0.15) is 35.1 Å². The van der Waals surface area contributed by atoms with E-state index in [-0.39, 0.29) is 66.1 Å². The number of nitrogens with zero attached hydrogens (tertiary/aromatic N) is 7. The number of aromatic nitrogens is 5. The fourth-order valence-electron chi connectivity index (χ4n) is 8.34. The van der Waals surface area contributed by atoms with Gasteiger partial charge in [-0.25, -0.2) is 19.9 Å². The Morgan fingerprint density at radius 1 is 0.871 bits per heavy atom. The first-order valence-corrected chi connectivity index (χ1v) is 20.7. The molecule has 1 atom stereocenters. The highest BCUT2D eigenvalue weighted by molar-refractivity contribution is 6.23. The molecule has 318 valence electrons. The SMILES string of the molecule is Cc1cccc(C(=O)NC2CC(n3cnc4c(NCc5ccc(OCC6CCN(C(=O)COc7ccc8c(c7)C(=O)N(C7CCC(=O)NC7=O)C8=O)CC6)cc5)ncnc43)C2)n1. The quantitative estimate of drug-likeness (QED) is 0.145. The number of carbonyl (C=O) groups is 6. The third-order valence-corrected chi connectivity index (χ3v) is 11.9. The standard InChI is InChI=1S/C44H44N10O8/c1-25-3-2-4-34(49-25)41(57)50-28-17-29(18-28)53-24-48-38-39(46-23-47-40(38)53)45-20-26-5-7-30(8-6-26)61-21-27-13-15-52(16-14-27)37(56)22-62-31-9-10-32-33(19-31)44(60)54(43(32)59)35-11-12-36(55)51-42(35)58/h2-10,19,23-24,27-29,35H,11-18,20-22H2,1H3,(H,50,57)(H,45,46,47)(H,51,55,58). The van der Waals surface area contributed by atoms with Crippen molar-refractivity contribution in [3.63, 3.8) is 0 Å². The predicted molar refractivity (Wildman–Crippen MR) is 221 cm³/mol. The van der Waals surface area contributed by atoms with Gasteiger partial charge in [-0.3, -0.25) is 39.0 Å². The fourth-order valence-corrected chi connectivity index (χ4v) is 8.34. The normalized spacial score (nSPS) is 20.1. The zero-order chi connectivity index (χ0) is 42.9. The minimum absolute atomic E-state index is 0.0334. The number of pyridine rings is 1. The summed E-state index contributed by atoms with van der Waals surface area (Å²) < 4.78 is 13.9. The number of ether oxygens (including phenoxy) is 2. The number of hydrogen-bond acceptors (Lipinski definition) is 13. The van der Waals surface area contributed by atoms with Crippen molar-refractivity contribution in [2.75, 3.05) is 31.6 Å². The molecule has 5 aromatic rings. The highest BCUT2D eigenvalue weighted by Crippen LogP contribution is 2.35. The minimum atomic E-state index is -1.06. The van der Waals surface area contributed by atoms with Crippen molar-refractivity contribution in [1.29, 1.82) is 0 Å². The number of fused-ring (bicyclic) bond motifs is 2. The van der Waals surface area contributed by atoms with E-state index >= 15 is 0 Å². The van der Waals surface area contributed by atoms with Gasteiger partial charge in [-0.1, -0.05) is 18.2 Å². The van der Waals surface area contributed by atoms with Crippen LogP contribution in [0.25, 0.3) is 11.2 Å². The monoisotopic (exact) mass is 840 g/mol. The van der Waals surface area contributed by atoms with Gasteiger partial charge in [0, 0.05) is 43.8 Å². The highest BCUT2D eigenvalue weighted by atomic mass is 16.5. The van der Waals surface area contributed by atoms with Crippen LogP contribution in [0.5, 0.6) is 11.5 Å². The molecule has 18 heteroatoms. The summed E-state index contributed by atoms with van der Waals surface area (Å²) >= 11 is 0. The van der Waals surface area contributed by atoms with Crippen molar-refractivity contribution in [3.8, 4) is 11.5 Å². The molecule has 9 rings (SSSR count). The lowest BCUT2D eigenvalue weighted by Gasteiger charge is -2.36. The molecule has 0 radical (unpaired) electrons. The molecule has 3 aromatic heterocycles. The van der Waals surface area contributed by atoms with Crippen molar-refractivity contribution < 1.29 is 38.2 Å². The number of benzene rings is 2. The smallest absolute Gasteiger partial charge is 0.270 e. The van der Waals surface area contributed by atoms with E-state index in [1.807, 2.05) is 47.9 Å². The number of carbonyl (C=O) groups excluding carboxylic acids is 6. The molecule has 3 N–H and O–H groups in total. The number of hydrogen-bond donors (Lipinski definition) is 3. The lowest BCUT2D eigenvalue weighted by atomic mass is 9.86. The van der Waals surface area contributed by atoms with Crippen LogP contribution in [-0.2, 0) is 20.9 Å². The summed E-state index contributed by atoms with van der Waals surface area (Å²) in [5.74, 6) is -0.804. The second kappa shape index (κ2) is 17.0. The zero-order valence-electron chi connectivity index (χ0n) is 33.9. The Bertz CT molecular complexity index is 2580. The fraction of sp³-hybridized carbons (Fsp3) is 0.364. The zero-order valence-corrected chi connectivity index (χ0v) is 33.9. The Morgan fingerprint density at radius 3 is 2.42 bits per heavy atom. The topological polar surface area (TPSA) is 220 Å². The Morgan fingerprint density at radius 2 is 1.65 bits per heavy atom. The van der Waals surface area contributed by atoms with Gasteiger partial charge in [0.25, 0.3) is 23.6 Å². The number of nitrogens with one attached hydrogen (secondary N) is 3. The maximum absolute atomic E-state index is 13.1. The molecule has 2 aromatic carbocycles. The predicted octanol–water partition coefficient (Wildman–Crippen LogP) is 3.37. The van der Waals surface area contributed by atoms with Crippen LogP contribution < -0.4 is 25.4 Å². The van der Waals surface area contributed by atoms with E-state index in [0.717, 1.165) is 53.2 Å². The first-order valence-electron chi connectivity index (χ1n) is 20.7. The Balaban J connectivity index is 0.695. The Hall–Kier alpha value is -7.24. The summed E-state index contributed by atoms with van der Waals surface area (Å²) in [6.45, 7) is 3.78. The molecule has 1 unspecified atom stereocenters. The van der Waals surface area contributed by atoms with Gasteiger partial charge < -0.3 is 29.6 Å². The second-order valence-electron chi connectivity index (χ2n) is 16.1. The maximum atomic E-state index is 13.1. The number of likely N-dealkylation sites (tertiary alicyclic amines) is 1. The summed E-state index contributed by atoms with van der Waals surface area (Å²) in [4.78, 5) is 96.2. The number of aryl methyl sites for hydroxylation is 1. The number of anilines is 1. The van der Waals surface area contributed by atoms with Gasteiger partial charge in [0.05, 0.1) is 24.1 Å². The highest BCUT2D eigenvalue weighted by Gasteiger charge is 2.45. The molecule has 3 fully saturated rings. The minimum Gasteiger partial charge on any atom is -0.493 e. The third kappa shape index (κ3) is 8.27. The van der Waals surface area contributed by atoms with E-state index in [1.165, 1.54) is 24.5 Å².